The molecular weight excluding hydrogens is 226 g/mol. The second-order valence-corrected chi connectivity index (χ2v) is 4.14. The molecule has 96 valence electrons. The molecule has 1 atom stereocenters. The van der Waals surface area contributed by atoms with E-state index in [0.717, 1.165) is 25.2 Å². The lowest BCUT2D eigenvalue weighted by Gasteiger charge is -2.19. The Labute approximate surface area is 107 Å². The first kappa shape index (κ1) is 12.7. The minimum absolute atomic E-state index is 0.128. The average Bonchev–Trinajstić information content (AvgIpc) is 2.89. The number of aromatic nitrogens is 4. The largest absolute Gasteiger partial charge is 0.305 e. The van der Waals surface area contributed by atoms with E-state index in [2.05, 4.69) is 34.5 Å². The average molecular weight is 245 g/mol. The standard InChI is InChI=1S/C13H19N5/c1-3-7-15-13(11-5-8-14-9-6-11)12-10-16-17-18(12)4-2/h5-6,8-10,13,15H,3-4,7H2,1-2H3. The molecule has 0 aromatic carbocycles. The van der Waals surface area contributed by atoms with E-state index in [1.807, 2.05) is 35.4 Å². The SMILES string of the molecule is CCCNC(c1ccncc1)c1cnnn1CC. The smallest absolute Gasteiger partial charge is 0.0801 e. The van der Waals surface area contributed by atoms with E-state index in [1.54, 1.807) is 0 Å². The molecule has 2 aromatic rings. The van der Waals surface area contributed by atoms with Crippen molar-refractivity contribution in [3.63, 3.8) is 0 Å². The molecule has 0 aliphatic rings. The van der Waals surface area contributed by atoms with Gasteiger partial charge in [-0.3, -0.25) is 4.98 Å². The number of rotatable bonds is 6. The molecular formula is C13H19N5. The van der Waals surface area contributed by atoms with Crippen LogP contribution in [0, 0.1) is 0 Å². The van der Waals surface area contributed by atoms with Gasteiger partial charge < -0.3 is 5.32 Å². The fourth-order valence-corrected chi connectivity index (χ4v) is 1.97. The molecule has 0 aliphatic heterocycles. The second kappa shape index (κ2) is 6.26. The highest BCUT2D eigenvalue weighted by Crippen LogP contribution is 2.20. The van der Waals surface area contributed by atoms with Gasteiger partial charge in [0.05, 0.1) is 17.9 Å². The van der Waals surface area contributed by atoms with Crippen LogP contribution in [0.2, 0.25) is 0 Å². The highest BCUT2D eigenvalue weighted by atomic mass is 15.4. The molecule has 1 N–H and O–H groups in total. The summed E-state index contributed by atoms with van der Waals surface area (Å²) in [7, 11) is 0. The maximum absolute atomic E-state index is 4.10. The predicted octanol–water partition coefficient (Wildman–Crippen LogP) is 1.78. The van der Waals surface area contributed by atoms with E-state index in [0.29, 0.717) is 0 Å². The van der Waals surface area contributed by atoms with Gasteiger partial charge >= 0.3 is 0 Å². The van der Waals surface area contributed by atoms with E-state index in [9.17, 15) is 0 Å². The zero-order valence-corrected chi connectivity index (χ0v) is 10.9. The van der Waals surface area contributed by atoms with Crippen LogP contribution in [0.3, 0.4) is 0 Å². The predicted molar refractivity (Wildman–Crippen MR) is 70.1 cm³/mol. The minimum atomic E-state index is 0.128. The first-order valence-corrected chi connectivity index (χ1v) is 6.38. The molecule has 1 unspecified atom stereocenters. The van der Waals surface area contributed by atoms with Gasteiger partial charge in [-0.1, -0.05) is 12.1 Å². The van der Waals surface area contributed by atoms with E-state index < -0.39 is 0 Å². The van der Waals surface area contributed by atoms with Crippen LogP contribution >= 0.6 is 0 Å². The summed E-state index contributed by atoms with van der Waals surface area (Å²) in [5.74, 6) is 0. The van der Waals surface area contributed by atoms with Gasteiger partial charge in [0, 0.05) is 18.9 Å². The van der Waals surface area contributed by atoms with E-state index in [4.69, 9.17) is 0 Å². The Morgan fingerprint density at radius 1 is 1.28 bits per heavy atom. The van der Waals surface area contributed by atoms with Crippen LogP contribution in [0.15, 0.2) is 30.7 Å². The summed E-state index contributed by atoms with van der Waals surface area (Å²) in [4.78, 5) is 4.07. The first-order valence-electron chi connectivity index (χ1n) is 6.38. The summed E-state index contributed by atoms with van der Waals surface area (Å²) in [6.45, 7) is 6.01. The van der Waals surface area contributed by atoms with E-state index in [1.165, 1.54) is 5.56 Å². The lowest BCUT2D eigenvalue weighted by Crippen LogP contribution is -2.25. The van der Waals surface area contributed by atoms with Gasteiger partial charge in [-0.2, -0.15) is 0 Å². The van der Waals surface area contributed by atoms with E-state index >= 15 is 0 Å². The summed E-state index contributed by atoms with van der Waals surface area (Å²) in [5, 5.41) is 11.6. The molecule has 0 saturated carbocycles. The Kier molecular flexibility index (Phi) is 4.41. The quantitative estimate of drug-likeness (QED) is 0.843. The molecule has 0 fully saturated rings. The van der Waals surface area contributed by atoms with Gasteiger partial charge in [-0.05, 0) is 37.6 Å². The number of nitrogens with zero attached hydrogens (tertiary/aromatic N) is 4. The van der Waals surface area contributed by atoms with Crippen molar-refractivity contribution < 1.29 is 0 Å². The third kappa shape index (κ3) is 2.73. The van der Waals surface area contributed by atoms with Crippen LogP contribution < -0.4 is 5.32 Å². The molecule has 0 spiro atoms. The maximum Gasteiger partial charge on any atom is 0.0801 e. The summed E-state index contributed by atoms with van der Waals surface area (Å²) in [6.07, 6.45) is 6.55. The summed E-state index contributed by atoms with van der Waals surface area (Å²) < 4.78 is 1.92. The maximum atomic E-state index is 4.10. The van der Waals surface area contributed by atoms with Crippen LogP contribution in [0.25, 0.3) is 0 Å². The molecule has 5 nitrogen and oxygen atoms in total. The van der Waals surface area contributed by atoms with Crippen molar-refractivity contribution in [2.45, 2.75) is 32.9 Å². The minimum Gasteiger partial charge on any atom is -0.305 e. The lowest BCUT2D eigenvalue weighted by atomic mass is 10.1. The van der Waals surface area contributed by atoms with Crippen molar-refractivity contribution in [1.82, 2.24) is 25.3 Å². The summed E-state index contributed by atoms with van der Waals surface area (Å²) in [5.41, 5.74) is 2.28. The van der Waals surface area contributed by atoms with Crippen LogP contribution in [0.1, 0.15) is 37.6 Å². The Hall–Kier alpha value is -1.75. The molecule has 2 rings (SSSR count). The lowest BCUT2D eigenvalue weighted by molar-refractivity contribution is 0.523. The van der Waals surface area contributed by atoms with Crippen LogP contribution in [-0.4, -0.2) is 26.5 Å². The number of nitrogens with one attached hydrogen (secondary N) is 1. The molecule has 18 heavy (non-hydrogen) atoms. The van der Waals surface area contributed by atoms with Gasteiger partial charge in [0.1, 0.15) is 0 Å². The monoisotopic (exact) mass is 245 g/mol. The molecule has 0 aliphatic carbocycles. The van der Waals surface area contributed by atoms with Crippen LogP contribution in [-0.2, 0) is 6.54 Å². The van der Waals surface area contributed by atoms with Crippen molar-refractivity contribution in [2.24, 2.45) is 0 Å². The van der Waals surface area contributed by atoms with Gasteiger partial charge in [0.15, 0.2) is 0 Å². The molecule has 2 heterocycles. The fraction of sp³-hybridized carbons (Fsp3) is 0.462. The Morgan fingerprint density at radius 3 is 2.72 bits per heavy atom. The zero-order chi connectivity index (χ0) is 12.8. The van der Waals surface area contributed by atoms with Crippen molar-refractivity contribution in [1.29, 1.82) is 0 Å². The molecule has 0 amide bonds. The van der Waals surface area contributed by atoms with Crippen molar-refractivity contribution >= 4 is 0 Å². The Morgan fingerprint density at radius 2 is 2.06 bits per heavy atom. The normalized spacial score (nSPS) is 12.6. The Bertz CT molecular complexity index is 465. The molecule has 0 saturated heterocycles. The summed E-state index contributed by atoms with van der Waals surface area (Å²) in [6, 6.07) is 4.18. The Balaban J connectivity index is 2.31. The van der Waals surface area contributed by atoms with Gasteiger partial charge in [0.2, 0.25) is 0 Å². The third-order valence-corrected chi connectivity index (χ3v) is 2.88. The molecule has 0 bridgehead atoms. The van der Waals surface area contributed by atoms with Crippen LogP contribution in [0.4, 0.5) is 0 Å². The molecule has 5 heteroatoms. The molecule has 2 aromatic heterocycles. The zero-order valence-electron chi connectivity index (χ0n) is 10.9. The van der Waals surface area contributed by atoms with E-state index in [-0.39, 0.29) is 6.04 Å². The highest BCUT2D eigenvalue weighted by Gasteiger charge is 2.17. The van der Waals surface area contributed by atoms with Gasteiger partial charge in [0.25, 0.3) is 0 Å². The van der Waals surface area contributed by atoms with Crippen molar-refractivity contribution in [2.75, 3.05) is 6.54 Å². The third-order valence-electron chi connectivity index (χ3n) is 2.88. The molecule has 0 radical (unpaired) electrons. The number of hydrogen-bond donors (Lipinski definition) is 1. The number of aryl methyl sites for hydroxylation is 1. The number of pyridine rings is 1. The van der Waals surface area contributed by atoms with Gasteiger partial charge in [-0.15, -0.1) is 5.10 Å². The second-order valence-electron chi connectivity index (χ2n) is 4.14. The van der Waals surface area contributed by atoms with Crippen LogP contribution in [0.5, 0.6) is 0 Å². The van der Waals surface area contributed by atoms with Gasteiger partial charge in [-0.25, -0.2) is 4.68 Å². The highest BCUT2D eigenvalue weighted by molar-refractivity contribution is 5.24. The first-order chi connectivity index (χ1) is 8.86. The van der Waals surface area contributed by atoms with Crippen molar-refractivity contribution in [3.8, 4) is 0 Å². The van der Waals surface area contributed by atoms with Crippen molar-refractivity contribution in [3.05, 3.63) is 42.0 Å². The topological polar surface area (TPSA) is 55.6 Å². The summed E-state index contributed by atoms with van der Waals surface area (Å²) >= 11 is 0. The number of hydrogen-bond acceptors (Lipinski definition) is 4. The fourth-order valence-electron chi connectivity index (χ4n) is 1.97.